The fourth-order valence-electron chi connectivity index (χ4n) is 2.99. The van der Waals surface area contributed by atoms with E-state index in [0.29, 0.717) is 10.6 Å². The predicted octanol–water partition coefficient (Wildman–Crippen LogP) is 5.30. The van der Waals surface area contributed by atoms with E-state index in [4.69, 9.17) is 4.98 Å². The van der Waals surface area contributed by atoms with E-state index in [1.54, 1.807) is 23.5 Å². The fraction of sp³-hybridized carbons (Fsp3) is 0.143. The first-order valence-corrected chi connectivity index (χ1v) is 12.3. The Morgan fingerprint density at radius 1 is 1.03 bits per heavy atom. The van der Waals surface area contributed by atoms with E-state index < -0.39 is 9.84 Å². The molecule has 0 bridgehead atoms. The monoisotopic (exact) mass is 442 g/mol. The average Bonchev–Trinajstić information content (AvgIpc) is 3.21. The van der Waals surface area contributed by atoms with Crippen molar-refractivity contribution >= 4 is 53.6 Å². The van der Waals surface area contributed by atoms with Crippen LogP contribution in [0, 0.1) is 13.8 Å². The summed E-state index contributed by atoms with van der Waals surface area (Å²) in [6.45, 7) is 4.03. The summed E-state index contributed by atoms with van der Waals surface area (Å²) in [7, 11) is -3.39. The minimum Gasteiger partial charge on any atom is -0.313 e. The summed E-state index contributed by atoms with van der Waals surface area (Å²) in [5, 5.41) is 4.53. The molecule has 8 heteroatoms. The van der Waals surface area contributed by atoms with Gasteiger partial charge >= 0.3 is 0 Å². The molecule has 2 aromatic heterocycles. The van der Waals surface area contributed by atoms with Crippen LogP contribution in [0.25, 0.3) is 20.8 Å². The van der Waals surface area contributed by atoms with Gasteiger partial charge in [-0.2, -0.15) is 0 Å². The van der Waals surface area contributed by atoms with Crippen LogP contribution in [0.2, 0.25) is 0 Å². The molecular weight excluding hydrogens is 424 g/mol. The molecule has 2 aromatic carbocycles. The highest BCUT2D eigenvalue weighted by atomic mass is 32.2. The van der Waals surface area contributed by atoms with Crippen molar-refractivity contribution in [3.8, 4) is 10.6 Å². The zero-order chi connectivity index (χ0) is 20.8. The molecule has 5 nitrogen and oxygen atoms in total. The van der Waals surface area contributed by atoms with E-state index in [9.17, 15) is 13.2 Å². The molecule has 4 rings (SSSR count). The Morgan fingerprint density at radius 2 is 1.79 bits per heavy atom. The zero-order valence-corrected chi connectivity index (χ0v) is 18.5. The molecule has 0 unspecified atom stereocenters. The number of carbonyl (C=O) groups excluding carboxylic acids is 1. The molecule has 0 fully saturated rings. The minimum atomic E-state index is -3.39. The Hall–Kier alpha value is -2.55. The number of fused-ring (bicyclic) bond motifs is 1. The standard InChI is InChI=1S/C21H18N2O3S3/c1-12-13(2)27-21(18(12)20-22-16-9-4-5-10-17(16)28-20)23-19(24)14-7-6-8-15(11-14)29(3,25)26/h4-11H,1-3H3,(H,23,24). The van der Waals surface area contributed by atoms with Crippen LogP contribution >= 0.6 is 22.7 Å². The molecule has 2 heterocycles. The minimum absolute atomic E-state index is 0.120. The van der Waals surface area contributed by atoms with Gasteiger partial charge in [-0.15, -0.1) is 22.7 Å². The number of hydrogen-bond acceptors (Lipinski definition) is 6. The van der Waals surface area contributed by atoms with Crippen molar-refractivity contribution in [2.45, 2.75) is 18.7 Å². The van der Waals surface area contributed by atoms with Crippen LogP contribution in [-0.4, -0.2) is 25.6 Å². The lowest BCUT2D eigenvalue weighted by molar-refractivity contribution is 0.102. The summed E-state index contributed by atoms with van der Waals surface area (Å²) in [5.74, 6) is -0.348. The number of thiophene rings is 1. The largest absolute Gasteiger partial charge is 0.313 e. The lowest BCUT2D eigenvalue weighted by Gasteiger charge is -2.07. The second-order valence-electron chi connectivity index (χ2n) is 6.73. The van der Waals surface area contributed by atoms with Gasteiger partial charge in [0, 0.05) is 22.3 Å². The highest BCUT2D eigenvalue weighted by Crippen LogP contribution is 2.43. The number of benzene rings is 2. The maximum atomic E-state index is 12.9. The number of aromatic nitrogens is 1. The number of hydrogen-bond donors (Lipinski definition) is 1. The summed E-state index contributed by atoms with van der Waals surface area (Å²) >= 11 is 3.08. The number of amides is 1. The SMILES string of the molecule is Cc1sc(NC(=O)c2cccc(S(C)(=O)=O)c2)c(-c2nc3ccccc3s2)c1C. The van der Waals surface area contributed by atoms with E-state index in [0.717, 1.165) is 37.5 Å². The van der Waals surface area contributed by atoms with Gasteiger partial charge in [-0.05, 0) is 49.7 Å². The third kappa shape index (κ3) is 3.83. The smallest absolute Gasteiger partial charge is 0.256 e. The number of thiazole rings is 1. The van der Waals surface area contributed by atoms with Gasteiger partial charge in [0.05, 0.1) is 15.1 Å². The molecule has 0 saturated heterocycles. The molecule has 0 aliphatic carbocycles. The number of para-hydroxylation sites is 1. The number of nitrogens with zero attached hydrogens (tertiary/aromatic N) is 1. The summed E-state index contributed by atoms with van der Waals surface area (Å²) in [6, 6.07) is 14.0. The molecule has 29 heavy (non-hydrogen) atoms. The molecule has 148 valence electrons. The van der Waals surface area contributed by atoms with Gasteiger partial charge in [0.1, 0.15) is 10.0 Å². The lowest BCUT2D eigenvalue weighted by atomic mass is 10.1. The number of aryl methyl sites for hydroxylation is 1. The van der Waals surface area contributed by atoms with E-state index in [-0.39, 0.29) is 10.8 Å². The molecule has 0 saturated carbocycles. The van der Waals surface area contributed by atoms with Crippen LogP contribution in [0.1, 0.15) is 20.8 Å². The summed E-state index contributed by atoms with van der Waals surface area (Å²) in [6.07, 6.45) is 1.13. The van der Waals surface area contributed by atoms with Crippen LogP contribution in [0.5, 0.6) is 0 Å². The second kappa shape index (κ2) is 7.37. The molecule has 1 amide bonds. The molecule has 1 N–H and O–H groups in total. The van der Waals surface area contributed by atoms with Gasteiger partial charge < -0.3 is 5.32 Å². The lowest BCUT2D eigenvalue weighted by Crippen LogP contribution is -2.12. The normalized spacial score (nSPS) is 11.7. The summed E-state index contributed by atoms with van der Waals surface area (Å²) in [5.41, 5.74) is 3.22. The Bertz CT molecular complexity index is 1320. The highest BCUT2D eigenvalue weighted by molar-refractivity contribution is 7.90. The molecule has 0 radical (unpaired) electrons. The van der Waals surface area contributed by atoms with E-state index >= 15 is 0 Å². The Morgan fingerprint density at radius 3 is 2.52 bits per heavy atom. The Labute approximate surface area is 177 Å². The Balaban J connectivity index is 1.73. The molecule has 4 aromatic rings. The number of sulfone groups is 1. The third-order valence-electron chi connectivity index (χ3n) is 4.64. The zero-order valence-electron chi connectivity index (χ0n) is 16.0. The van der Waals surface area contributed by atoms with E-state index in [1.807, 2.05) is 38.1 Å². The first-order valence-electron chi connectivity index (χ1n) is 8.81. The average molecular weight is 443 g/mol. The van der Waals surface area contributed by atoms with Gasteiger partial charge in [0.15, 0.2) is 9.84 Å². The molecule has 0 aliphatic heterocycles. The van der Waals surface area contributed by atoms with Crippen molar-refractivity contribution in [1.29, 1.82) is 0 Å². The van der Waals surface area contributed by atoms with Crippen LogP contribution in [0.3, 0.4) is 0 Å². The number of nitrogens with one attached hydrogen (secondary N) is 1. The van der Waals surface area contributed by atoms with Gasteiger partial charge in [0.25, 0.3) is 5.91 Å². The predicted molar refractivity (Wildman–Crippen MR) is 120 cm³/mol. The van der Waals surface area contributed by atoms with Crippen LogP contribution in [0.15, 0.2) is 53.4 Å². The van der Waals surface area contributed by atoms with E-state index in [1.165, 1.54) is 23.5 Å². The van der Waals surface area contributed by atoms with Crippen molar-refractivity contribution < 1.29 is 13.2 Å². The molecular formula is C21H18N2O3S3. The first kappa shape index (κ1) is 19.8. The molecule has 0 spiro atoms. The van der Waals surface area contributed by atoms with Gasteiger partial charge in [-0.25, -0.2) is 13.4 Å². The van der Waals surface area contributed by atoms with Crippen molar-refractivity contribution in [1.82, 2.24) is 4.98 Å². The summed E-state index contributed by atoms with van der Waals surface area (Å²) < 4.78 is 24.7. The van der Waals surface area contributed by atoms with E-state index in [2.05, 4.69) is 5.32 Å². The van der Waals surface area contributed by atoms with Crippen LogP contribution in [-0.2, 0) is 9.84 Å². The van der Waals surface area contributed by atoms with Crippen LogP contribution < -0.4 is 5.32 Å². The maximum Gasteiger partial charge on any atom is 0.256 e. The molecule has 0 atom stereocenters. The van der Waals surface area contributed by atoms with Crippen molar-refractivity contribution in [2.75, 3.05) is 11.6 Å². The third-order valence-corrected chi connectivity index (χ3v) is 7.93. The number of anilines is 1. The van der Waals surface area contributed by atoms with Crippen molar-refractivity contribution in [2.24, 2.45) is 0 Å². The fourth-order valence-corrected chi connectivity index (χ4v) is 5.86. The Kier molecular flexibility index (Phi) is 5.02. The van der Waals surface area contributed by atoms with Crippen molar-refractivity contribution in [3.05, 3.63) is 64.5 Å². The van der Waals surface area contributed by atoms with Crippen LogP contribution in [0.4, 0.5) is 5.00 Å². The second-order valence-corrected chi connectivity index (χ2v) is 11.0. The van der Waals surface area contributed by atoms with Gasteiger partial charge in [-0.1, -0.05) is 18.2 Å². The summed E-state index contributed by atoms with van der Waals surface area (Å²) in [4.78, 5) is 18.8. The number of rotatable bonds is 4. The maximum absolute atomic E-state index is 12.9. The van der Waals surface area contributed by atoms with Crippen molar-refractivity contribution in [3.63, 3.8) is 0 Å². The highest BCUT2D eigenvalue weighted by Gasteiger charge is 2.20. The van der Waals surface area contributed by atoms with Gasteiger partial charge in [-0.3, -0.25) is 4.79 Å². The quantitative estimate of drug-likeness (QED) is 0.465. The topological polar surface area (TPSA) is 76.1 Å². The first-order chi connectivity index (χ1) is 13.7. The number of carbonyl (C=O) groups is 1. The molecule has 0 aliphatic rings. The van der Waals surface area contributed by atoms with Gasteiger partial charge in [0.2, 0.25) is 0 Å².